The summed E-state index contributed by atoms with van der Waals surface area (Å²) >= 11 is 11.6. The van der Waals surface area contributed by atoms with Gasteiger partial charge in [0, 0.05) is 24.3 Å². The molecule has 8 heteroatoms. The Kier molecular flexibility index (Phi) is 5.33. The van der Waals surface area contributed by atoms with E-state index in [9.17, 15) is 0 Å². The van der Waals surface area contributed by atoms with E-state index in [0.29, 0.717) is 15.6 Å². The molecule has 4 rings (SSSR count). The molecular formula is C19H18ClN5OS. The maximum Gasteiger partial charge on any atom is 0.216 e. The van der Waals surface area contributed by atoms with Gasteiger partial charge in [-0.3, -0.25) is 0 Å². The van der Waals surface area contributed by atoms with Crippen molar-refractivity contribution in [2.75, 3.05) is 31.2 Å². The number of aromatic amines is 1. The molecule has 27 heavy (non-hydrogen) atoms. The summed E-state index contributed by atoms with van der Waals surface area (Å²) in [5.41, 5.74) is 2.93. The molecule has 3 aromatic rings. The van der Waals surface area contributed by atoms with Gasteiger partial charge in [0.15, 0.2) is 5.82 Å². The van der Waals surface area contributed by atoms with Gasteiger partial charge in [0.1, 0.15) is 0 Å². The van der Waals surface area contributed by atoms with E-state index in [4.69, 9.17) is 28.6 Å². The van der Waals surface area contributed by atoms with Crippen LogP contribution in [0, 0.1) is 4.77 Å². The van der Waals surface area contributed by atoms with E-state index < -0.39 is 0 Å². The molecule has 0 radical (unpaired) electrons. The van der Waals surface area contributed by atoms with E-state index in [1.54, 1.807) is 10.9 Å². The molecule has 0 unspecified atom stereocenters. The van der Waals surface area contributed by atoms with E-state index in [-0.39, 0.29) is 0 Å². The maximum atomic E-state index is 6.28. The molecule has 138 valence electrons. The third-order valence-corrected chi connectivity index (χ3v) is 4.95. The number of benzene rings is 2. The van der Waals surface area contributed by atoms with Gasteiger partial charge in [-0.05, 0) is 42.0 Å². The van der Waals surface area contributed by atoms with Crippen LogP contribution in [0.2, 0.25) is 5.02 Å². The largest absolute Gasteiger partial charge is 0.378 e. The van der Waals surface area contributed by atoms with Gasteiger partial charge in [-0.15, -0.1) is 0 Å². The minimum Gasteiger partial charge on any atom is -0.378 e. The number of halogens is 1. The van der Waals surface area contributed by atoms with E-state index in [0.717, 1.165) is 37.4 Å². The molecule has 0 amide bonds. The molecule has 1 fully saturated rings. The number of rotatable bonds is 4. The molecule has 0 bridgehead atoms. The molecule has 1 aromatic heterocycles. The maximum absolute atomic E-state index is 6.28. The van der Waals surface area contributed by atoms with Crippen LogP contribution in [-0.2, 0) is 4.74 Å². The molecule has 1 aliphatic heterocycles. The lowest BCUT2D eigenvalue weighted by molar-refractivity contribution is 0.122. The predicted octanol–water partition coefficient (Wildman–Crippen LogP) is 3.98. The summed E-state index contributed by atoms with van der Waals surface area (Å²) in [6, 6.07) is 15.7. The Labute approximate surface area is 167 Å². The van der Waals surface area contributed by atoms with Crippen LogP contribution in [0.1, 0.15) is 5.56 Å². The Balaban J connectivity index is 1.58. The standard InChI is InChI=1S/C19H18ClN5OS/c20-17-4-2-1-3-16(17)18-22-23-19(27)25(18)21-13-14-5-7-15(8-6-14)24-9-11-26-12-10-24/h1-8,13H,9-12H2,(H,23,27)/b21-13-. The van der Waals surface area contributed by atoms with Crippen molar-refractivity contribution in [2.45, 2.75) is 0 Å². The van der Waals surface area contributed by atoms with E-state index >= 15 is 0 Å². The summed E-state index contributed by atoms with van der Waals surface area (Å²) in [7, 11) is 0. The van der Waals surface area contributed by atoms with Crippen LogP contribution in [-0.4, -0.2) is 47.4 Å². The van der Waals surface area contributed by atoms with Crippen molar-refractivity contribution in [1.82, 2.24) is 14.9 Å². The zero-order chi connectivity index (χ0) is 18.6. The van der Waals surface area contributed by atoms with E-state index in [1.165, 1.54) is 5.69 Å². The number of H-pyrrole nitrogens is 1. The molecule has 1 N–H and O–H groups in total. The molecular weight excluding hydrogens is 382 g/mol. The normalized spacial score (nSPS) is 14.8. The lowest BCUT2D eigenvalue weighted by Crippen LogP contribution is -2.36. The number of nitrogens with one attached hydrogen (secondary N) is 1. The van der Waals surface area contributed by atoms with Crippen molar-refractivity contribution in [3.05, 3.63) is 63.9 Å². The Bertz CT molecular complexity index is 1010. The number of ether oxygens (including phenoxy) is 1. The monoisotopic (exact) mass is 399 g/mol. The van der Waals surface area contributed by atoms with Crippen LogP contribution in [0.15, 0.2) is 53.6 Å². The Morgan fingerprint density at radius 2 is 1.85 bits per heavy atom. The second-order valence-corrected chi connectivity index (χ2v) is 6.87. The summed E-state index contributed by atoms with van der Waals surface area (Å²) in [5.74, 6) is 0.576. The molecule has 0 spiro atoms. The summed E-state index contributed by atoms with van der Waals surface area (Å²) in [4.78, 5) is 2.31. The lowest BCUT2D eigenvalue weighted by Gasteiger charge is -2.28. The average Bonchev–Trinajstić information content (AvgIpc) is 3.08. The van der Waals surface area contributed by atoms with Crippen molar-refractivity contribution >= 4 is 35.7 Å². The number of hydrogen-bond donors (Lipinski definition) is 1. The summed E-state index contributed by atoms with van der Waals surface area (Å²) in [5, 5.41) is 12.1. The molecule has 0 atom stereocenters. The fraction of sp³-hybridized carbons (Fsp3) is 0.211. The molecule has 0 aliphatic carbocycles. The minimum absolute atomic E-state index is 0.408. The van der Waals surface area contributed by atoms with Gasteiger partial charge in [0.25, 0.3) is 0 Å². The summed E-state index contributed by atoms with van der Waals surface area (Å²) < 4.78 is 7.38. The van der Waals surface area contributed by atoms with Crippen molar-refractivity contribution in [2.24, 2.45) is 5.10 Å². The highest BCUT2D eigenvalue weighted by molar-refractivity contribution is 7.71. The average molecular weight is 400 g/mol. The number of hydrogen-bond acceptors (Lipinski definition) is 5. The van der Waals surface area contributed by atoms with Gasteiger partial charge in [-0.25, -0.2) is 5.10 Å². The second-order valence-electron chi connectivity index (χ2n) is 6.08. The first kappa shape index (κ1) is 17.9. The molecule has 2 aromatic carbocycles. The lowest BCUT2D eigenvalue weighted by atomic mass is 10.2. The first-order valence-electron chi connectivity index (χ1n) is 8.62. The first-order valence-corrected chi connectivity index (χ1v) is 9.40. The Morgan fingerprint density at radius 3 is 2.59 bits per heavy atom. The van der Waals surface area contributed by atoms with Crippen LogP contribution in [0.25, 0.3) is 11.4 Å². The Hall–Kier alpha value is -2.48. The summed E-state index contributed by atoms with van der Waals surface area (Å²) in [6.45, 7) is 3.37. The van der Waals surface area contributed by atoms with E-state index in [1.807, 2.05) is 36.4 Å². The molecule has 2 heterocycles. The van der Waals surface area contributed by atoms with Crippen molar-refractivity contribution < 1.29 is 4.74 Å². The van der Waals surface area contributed by atoms with Crippen molar-refractivity contribution in [3.8, 4) is 11.4 Å². The smallest absolute Gasteiger partial charge is 0.216 e. The number of morpholine rings is 1. The van der Waals surface area contributed by atoms with Crippen LogP contribution in [0.3, 0.4) is 0 Å². The highest BCUT2D eigenvalue weighted by Crippen LogP contribution is 2.26. The molecule has 0 saturated carbocycles. The van der Waals surface area contributed by atoms with Crippen LogP contribution < -0.4 is 4.90 Å². The summed E-state index contributed by atoms with van der Waals surface area (Å²) in [6.07, 6.45) is 1.76. The quantitative estimate of drug-likeness (QED) is 0.532. The highest BCUT2D eigenvalue weighted by Gasteiger charge is 2.12. The molecule has 1 aliphatic rings. The minimum atomic E-state index is 0.408. The predicted molar refractivity (Wildman–Crippen MR) is 110 cm³/mol. The topological polar surface area (TPSA) is 58.4 Å². The third-order valence-electron chi connectivity index (χ3n) is 4.36. The fourth-order valence-corrected chi connectivity index (χ4v) is 3.33. The highest BCUT2D eigenvalue weighted by atomic mass is 35.5. The number of aromatic nitrogens is 3. The van der Waals surface area contributed by atoms with Gasteiger partial charge in [0.2, 0.25) is 4.77 Å². The van der Waals surface area contributed by atoms with Crippen LogP contribution >= 0.6 is 23.8 Å². The van der Waals surface area contributed by atoms with Gasteiger partial charge in [-0.2, -0.15) is 14.9 Å². The van der Waals surface area contributed by atoms with Gasteiger partial charge >= 0.3 is 0 Å². The zero-order valence-corrected chi connectivity index (χ0v) is 16.1. The van der Waals surface area contributed by atoms with Crippen molar-refractivity contribution in [1.29, 1.82) is 0 Å². The molecule has 6 nitrogen and oxygen atoms in total. The first-order chi connectivity index (χ1) is 13.2. The third kappa shape index (κ3) is 3.95. The SMILES string of the molecule is S=c1[nH]nc(-c2ccccc2Cl)n1/N=C\c1ccc(N2CCOCC2)cc1. The fourth-order valence-electron chi connectivity index (χ4n) is 2.93. The second kappa shape index (κ2) is 8.04. The van der Waals surface area contributed by atoms with Gasteiger partial charge in [-0.1, -0.05) is 35.9 Å². The van der Waals surface area contributed by atoms with Crippen LogP contribution in [0.5, 0.6) is 0 Å². The molecule has 1 saturated heterocycles. The van der Waals surface area contributed by atoms with Gasteiger partial charge in [0.05, 0.1) is 24.5 Å². The Morgan fingerprint density at radius 1 is 1.11 bits per heavy atom. The number of anilines is 1. The van der Waals surface area contributed by atoms with Crippen LogP contribution in [0.4, 0.5) is 5.69 Å². The number of nitrogens with zero attached hydrogens (tertiary/aromatic N) is 4. The van der Waals surface area contributed by atoms with Gasteiger partial charge < -0.3 is 9.64 Å². The van der Waals surface area contributed by atoms with E-state index in [2.05, 4.69) is 32.3 Å². The van der Waals surface area contributed by atoms with Crippen molar-refractivity contribution in [3.63, 3.8) is 0 Å². The zero-order valence-electron chi connectivity index (χ0n) is 14.5.